The Morgan fingerprint density at radius 1 is 1.16 bits per heavy atom. The summed E-state index contributed by atoms with van der Waals surface area (Å²) in [4.78, 5) is 0. The van der Waals surface area contributed by atoms with Crippen molar-refractivity contribution in [1.82, 2.24) is 0 Å². The molecular formula is C27H42F2O3. The molecule has 3 saturated carbocycles. The van der Waals surface area contributed by atoms with Crippen LogP contribution in [0.1, 0.15) is 85.5 Å². The number of halogens is 2. The normalized spacial score (nSPS) is 36.3. The van der Waals surface area contributed by atoms with E-state index in [4.69, 9.17) is 0 Å². The van der Waals surface area contributed by atoms with Gasteiger partial charge in [-0.25, -0.2) is 8.78 Å². The first-order chi connectivity index (χ1) is 14.8. The zero-order valence-electron chi connectivity index (χ0n) is 20.2. The van der Waals surface area contributed by atoms with Crippen molar-refractivity contribution in [2.24, 2.45) is 23.2 Å². The number of allylic oxidation sites excluding steroid dienone is 3. The molecular weight excluding hydrogens is 410 g/mol. The Bertz CT molecular complexity index is 747. The molecule has 3 N–H and O–H groups in total. The van der Waals surface area contributed by atoms with Gasteiger partial charge in [0.15, 0.2) is 0 Å². The van der Waals surface area contributed by atoms with E-state index >= 15 is 0 Å². The van der Waals surface area contributed by atoms with Crippen LogP contribution in [0.4, 0.5) is 8.78 Å². The van der Waals surface area contributed by atoms with Crippen LogP contribution in [0.25, 0.3) is 0 Å². The summed E-state index contributed by atoms with van der Waals surface area (Å²) in [6.45, 7) is 10.6. The second kappa shape index (κ2) is 9.31. The summed E-state index contributed by atoms with van der Waals surface area (Å²) in [7, 11) is 0. The summed E-state index contributed by atoms with van der Waals surface area (Å²) in [5.41, 5.74) is 1.11. The highest BCUT2D eigenvalue weighted by atomic mass is 19.3. The predicted octanol–water partition coefficient (Wildman–Crippen LogP) is 5.95. The van der Waals surface area contributed by atoms with Gasteiger partial charge in [-0.1, -0.05) is 43.7 Å². The van der Waals surface area contributed by atoms with Crippen molar-refractivity contribution in [2.75, 3.05) is 0 Å². The summed E-state index contributed by atoms with van der Waals surface area (Å²) in [5, 5.41) is 30.0. The molecule has 0 spiro atoms. The van der Waals surface area contributed by atoms with Crippen molar-refractivity contribution in [3.8, 4) is 0 Å². The molecule has 0 unspecified atom stereocenters. The predicted molar refractivity (Wildman–Crippen MR) is 124 cm³/mol. The fourth-order valence-corrected chi connectivity index (χ4v) is 6.56. The Labute approximate surface area is 192 Å². The van der Waals surface area contributed by atoms with Crippen molar-refractivity contribution in [2.45, 2.75) is 109 Å². The van der Waals surface area contributed by atoms with Crippen LogP contribution in [0, 0.1) is 23.2 Å². The van der Waals surface area contributed by atoms with Gasteiger partial charge in [-0.3, -0.25) is 0 Å². The molecule has 5 heteroatoms. The maximum Gasteiger partial charge on any atom is 0.275 e. The summed E-state index contributed by atoms with van der Waals surface area (Å²) in [6, 6.07) is 0. The lowest BCUT2D eigenvalue weighted by Gasteiger charge is -2.44. The number of aliphatic hydroxyl groups is 3. The van der Waals surface area contributed by atoms with Crippen LogP contribution >= 0.6 is 0 Å². The number of aliphatic hydroxyl groups excluding tert-OH is 2. The number of hydrogen-bond acceptors (Lipinski definition) is 3. The first-order valence-electron chi connectivity index (χ1n) is 12.3. The molecule has 0 bridgehead atoms. The van der Waals surface area contributed by atoms with E-state index in [2.05, 4.69) is 32.6 Å². The van der Waals surface area contributed by atoms with E-state index in [1.165, 1.54) is 19.4 Å². The molecule has 0 heterocycles. The molecule has 3 nitrogen and oxygen atoms in total. The second-order valence-corrected chi connectivity index (χ2v) is 11.5. The van der Waals surface area contributed by atoms with Gasteiger partial charge in [0.1, 0.15) is 5.60 Å². The van der Waals surface area contributed by atoms with Gasteiger partial charge in [0.2, 0.25) is 0 Å². The van der Waals surface area contributed by atoms with E-state index in [0.29, 0.717) is 36.7 Å². The SMILES string of the molecule is C=C1[C@H](O)CC(=C/C=C2\CCC[C@]3(C)[C@@H]([C@H](C)CCC(F)(F)C(C)(C)O)CC[C@@H]23)C[C@H]1O. The fraction of sp³-hybridized carbons (Fsp3) is 0.778. The molecule has 0 aromatic heterocycles. The molecule has 0 amide bonds. The lowest BCUT2D eigenvalue weighted by atomic mass is 9.60. The van der Waals surface area contributed by atoms with Gasteiger partial charge in [0.25, 0.3) is 5.92 Å². The van der Waals surface area contributed by atoms with Gasteiger partial charge in [0, 0.05) is 6.42 Å². The summed E-state index contributed by atoms with van der Waals surface area (Å²) in [5.74, 6) is -2.03. The van der Waals surface area contributed by atoms with E-state index in [1.54, 1.807) is 0 Å². The average Bonchev–Trinajstić information content (AvgIpc) is 3.05. The first-order valence-corrected chi connectivity index (χ1v) is 12.3. The van der Waals surface area contributed by atoms with Crippen LogP contribution < -0.4 is 0 Å². The molecule has 0 aliphatic heterocycles. The Balaban J connectivity index is 1.70. The third kappa shape index (κ3) is 5.05. The van der Waals surface area contributed by atoms with Crippen LogP contribution in [-0.2, 0) is 0 Å². The molecule has 0 radical (unpaired) electrons. The molecule has 182 valence electrons. The van der Waals surface area contributed by atoms with Gasteiger partial charge in [-0.05, 0) is 94.0 Å². The number of alkyl halides is 2. The number of fused-ring (bicyclic) bond motifs is 1. The third-order valence-electron chi connectivity index (χ3n) is 8.83. The Kier molecular flexibility index (Phi) is 7.44. The van der Waals surface area contributed by atoms with E-state index in [1.807, 2.05) is 0 Å². The molecule has 3 fully saturated rings. The van der Waals surface area contributed by atoms with Crippen molar-refractivity contribution >= 4 is 0 Å². The van der Waals surface area contributed by atoms with Crippen LogP contribution in [0.5, 0.6) is 0 Å². The Morgan fingerprint density at radius 2 is 1.78 bits per heavy atom. The van der Waals surface area contributed by atoms with Crippen molar-refractivity contribution in [3.63, 3.8) is 0 Å². The standard InChI is InChI=1S/C27H42F2O3/c1-17(12-14-27(28,29)25(3,4)32)21-10-11-22-20(7-6-13-26(21,22)5)9-8-19-15-23(30)18(2)24(31)16-19/h8-9,17,21-24,30-32H,2,6-7,10-16H2,1,3-5H3/b20-9+/t17-,21-,22+,23-,24-,26-/m1/s1. The van der Waals surface area contributed by atoms with Crippen LogP contribution in [0.3, 0.4) is 0 Å². The van der Waals surface area contributed by atoms with Crippen molar-refractivity contribution < 1.29 is 24.1 Å². The molecule has 32 heavy (non-hydrogen) atoms. The molecule has 3 aliphatic carbocycles. The van der Waals surface area contributed by atoms with E-state index < -0.39 is 23.7 Å². The van der Waals surface area contributed by atoms with Crippen molar-refractivity contribution in [3.05, 3.63) is 35.5 Å². The first kappa shape index (κ1) is 25.6. The largest absolute Gasteiger partial charge is 0.388 e. The third-order valence-corrected chi connectivity index (χ3v) is 8.83. The van der Waals surface area contributed by atoms with Crippen LogP contribution in [0.2, 0.25) is 0 Å². The summed E-state index contributed by atoms with van der Waals surface area (Å²) >= 11 is 0. The topological polar surface area (TPSA) is 60.7 Å². The molecule has 3 rings (SSSR count). The van der Waals surface area contributed by atoms with Gasteiger partial charge >= 0.3 is 0 Å². The molecule has 0 aromatic carbocycles. The maximum atomic E-state index is 14.3. The quantitative estimate of drug-likeness (QED) is 0.437. The number of hydrogen-bond donors (Lipinski definition) is 3. The highest BCUT2D eigenvalue weighted by Crippen LogP contribution is 2.60. The van der Waals surface area contributed by atoms with Crippen molar-refractivity contribution in [1.29, 1.82) is 0 Å². The van der Waals surface area contributed by atoms with Gasteiger partial charge in [-0.2, -0.15) is 0 Å². The highest BCUT2D eigenvalue weighted by molar-refractivity contribution is 5.29. The fourth-order valence-electron chi connectivity index (χ4n) is 6.56. The lowest BCUT2D eigenvalue weighted by Crippen LogP contribution is -2.43. The summed E-state index contributed by atoms with van der Waals surface area (Å²) < 4.78 is 28.6. The monoisotopic (exact) mass is 452 g/mol. The minimum absolute atomic E-state index is 0.117. The number of rotatable bonds is 6. The van der Waals surface area contributed by atoms with E-state index in [9.17, 15) is 24.1 Å². The van der Waals surface area contributed by atoms with E-state index in [0.717, 1.165) is 37.7 Å². The van der Waals surface area contributed by atoms with Gasteiger partial charge < -0.3 is 15.3 Å². The zero-order chi connectivity index (χ0) is 23.9. The van der Waals surface area contributed by atoms with Gasteiger partial charge in [-0.15, -0.1) is 0 Å². The smallest absolute Gasteiger partial charge is 0.275 e. The zero-order valence-corrected chi connectivity index (χ0v) is 20.2. The van der Waals surface area contributed by atoms with Gasteiger partial charge in [0.05, 0.1) is 12.2 Å². The lowest BCUT2D eigenvalue weighted by molar-refractivity contribution is -0.168. The minimum atomic E-state index is -3.08. The average molecular weight is 453 g/mol. The minimum Gasteiger partial charge on any atom is -0.388 e. The van der Waals surface area contributed by atoms with Crippen LogP contribution in [0.15, 0.2) is 35.5 Å². The molecule has 0 aromatic rings. The maximum absolute atomic E-state index is 14.3. The van der Waals surface area contributed by atoms with E-state index in [-0.39, 0.29) is 17.8 Å². The molecule has 6 atom stereocenters. The molecule has 0 saturated heterocycles. The summed E-state index contributed by atoms with van der Waals surface area (Å²) in [6.07, 6.45) is 9.55. The second-order valence-electron chi connectivity index (χ2n) is 11.5. The van der Waals surface area contributed by atoms with Crippen LogP contribution in [-0.4, -0.2) is 39.1 Å². The Hall–Kier alpha value is -1.04. The molecule has 3 aliphatic rings. The highest BCUT2D eigenvalue weighted by Gasteiger charge is 2.51. The Morgan fingerprint density at radius 3 is 2.38 bits per heavy atom.